The minimum Gasteiger partial charge on any atom is -0.481 e. The number of amides is 2. The van der Waals surface area contributed by atoms with E-state index in [1.165, 1.54) is 0 Å². The SMILES string of the molecule is CCC1=C(C)[C@@H](CC2=N/C(=C\c3[nH]c(C[C@H]4NC(=O)C(C)=C4CC)c(C)c3CCC(=O)O)C(CCC(=O)O)=C2C)NC1=O.Cl. The van der Waals surface area contributed by atoms with Crippen LogP contribution in [0, 0.1) is 6.92 Å². The monoisotopic (exact) mass is 626 g/mol. The fourth-order valence-electron chi connectivity index (χ4n) is 6.49. The smallest absolute Gasteiger partial charge is 0.303 e. The van der Waals surface area contributed by atoms with Crippen LogP contribution in [0.25, 0.3) is 6.08 Å². The molecule has 4 heterocycles. The van der Waals surface area contributed by atoms with E-state index < -0.39 is 11.9 Å². The van der Waals surface area contributed by atoms with E-state index in [1.54, 1.807) is 0 Å². The number of allylic oxidation sites excluding steroid dienone is 2. The molecule has 238 valence electrons. The summed E-state index contributed by atoms with van der Waals surface area (Å²) in [5.41, 5.74) is 10.2. The number of H-pyrrole nitrogens is 1. The Morgan fingerprint density at radius 2 is 1.48 bits per heavy atom. The number of aliphatic carboxylic acids is 2. The molecule has 3 aliphatic rings. The van der Waals surface area contributed by atoms with Gasteiger partial charge in [0.15, 0.2) is 0 Å². The van der Waals surface area contributed by atoms with Crippen LogP contribution >= 0.6 is 12.4 Å². The molecule has 4 rings (SSSR count). The van der Waals surface area contributed by atoms with Gasteiger partial charge in [0, 0.05) is 53.9 Å². The summed E-state index contributed by atoms with van der Waals surface area (Å²) in [5, 5.41) is 25.0. The molecule has 1 aromatic heterocycles. The van der Waals surface area contributed by atoms with Crippen molar-refractivity contribution in [2.24, 2.45) is 4.99 Å². The Hall–Kier alpha value is -3.92. The number of carbonyl (C=O) groups is 4. The fraction of sp³-hybridized carbons (Fsp3) is 0.485. The summed E-state index contributed by atoms with van der Waals surface area (Å²) in [6, 6.07) is -0.314. The Balaban J connectivity index is 0.00000529. The summed E-state index contributed by atoms with van der Waals surface area (Å²) in [6.45, 7) is 11.7. The number of aliphatic imine (C=N–C) groups is 1. The number of carbonyl (C=O) groups excluding carboxylic acids is 2. The molecule has 0 radical (unpaired) electrons. The third kappa shape index (κ3) is 7.07. The maximum atomic E-state index is 12.4. The number of rotatable bonds is 13. The number of hydrogen-bond donors (Lipinski definition) is 5. The van der Waals surface area contributed by atoms with Gasteiger partial charge in [0.05, 0.1) is 17.8 Å². The topological polar surface area (TPSA) is 161 Å². The molecule has 0 bridgehead atoms. The first-order valence-electron chi connectivity index (χ1n) is 15.0. The Morgan fingerprint density at radius 1 is 0.841 bits per heavy atom. The second-order valence-corrected chi connectivity index (χ2v) is 11.6. The van der Waals surface area contributed by atoms with Gasteiger partial charge in [-0.05, 0) is 92.9 Å². The van der Waals surface area contributed by atoms with Gasteiger partial charge < -0.3 is 25.8 Å². The van der Waals surface area contributed by atoms with Crippen LogP contribution in [0.4, 0.5) is 0 Å². The molecular weight excluding hydrogens is 584 g/mol. The van der Waals surface area contributed by atoms with Gasteiger partial charge in [-0.3, -0.25) is 24.2 Å². The van der Waals surface area contributed by atoms with Crippen molar-refractivity contribution in [3.63, 3.8) is 0 Å². The van der Waals surface area contributed by atoms with Crippen LogP contribution < -0.4 is 10.6 Å². The van der Waals surface area contributed by atoms with Crippen molar-refractivity contribution in [3.05, 3.63) is 61.7 Å². The molecule has 0 aliphatic carbocycles. The fourth-order valence-corrected chi connectivity index (χ4v) is 6.49. The molecule has 0 saturated carbocycles. The average Bonchev–Trinajstić information content (AvgIpc) is 3.59. The van der Waals surface area contributed by atoms with Gasteiger partial charge in [-0.25, -0.2) is 0 Å². The Bertz CT molecular complexity index is 1540. The highest BCUT2D eigenvalue weighted by Crippen LogP contribution is 2.35. The molecule has 0 aromatic carbocycles. The standard InChI is InChI=1S/C33H42N4O6.ClH/c1-7-20-19(6)32(42)37-27(20)14-25-18(5)23(10-12-31(40)41)29(35-25)15-28-22(9-11-30(38)39)17(4)24(34-28)13-26-16(3)21(8-2)33(43)36-26;/h15,26-27,35H,7-14H2,1-6H3,(H,36,43)(H,37,42)(H,38,39)(H,40,41);1H/b28-15-;/t26-,27-;/m1./s1. The molecule has 0 fully saturated rings. The molecule has 5 N–H and O–H groups in total. The van der Waals surface area contributed by atoms with E-state index in [1.807, 2.05) is 47.6 Å². The molecule has 2 amide bonds. The molecule has 11 heteroatoms. The number of carboxylic acids is 2. The number of nitrogens with one attached hydrogen (secondary N) is 3. The molecule has 44 heavy (non-hydrogen) atoms. The first kappa shape index (κ1) is 34.6. The number of aromatic nitrogens is 1. The first-order chi connectivity index (χ1) is 20.4. The molecule has 3 aliphatic heterocycles. The van der Waals surface area contributed by atoms with Gasteiger partial charge in [0.25, 0.3) is 0 Å². The van der Waals surface area contributed by atoms with Gasteiger partial charge in [-0.2, -0.15) is 0 Å². The van der Waals surface area contributed by atoms with Crippen LogP contribution in [0.15, 0.2) is 44.1 Å². The van der Waals surface area contributed by atoms with Crippen molar-refractivity contribution in [2.75, 3.05) is 0 Å². The van der Waals surface area contributed by atoms with E-state index in [-0.39, 0.29) is 49.1 Å². The predicted molar refractivity (Wildman–Crippen MR) is 172 cm³/mol. The lowest BCUT2D eigenvalue weighted by molar-refractivity contribution is -0.138. The van der Waals surface area contributed by atoms with Crippen LogP contribution in [0.3, 0.4) is 0 Å². The zero-order valence-corrected chi connectivity index (χ0v) is 27.1. The Morgan fingerprint density at radius 3 is 2.07 bits per heavy atom. The zero-order chi connectivity index (χ0) is 31.6. The zero-order valence-electron chi connectivity index (χ0n) is 26.3. The molecule has 2 atom stereocenters. The lowest BCUT2D eigenvalue weighted by Crippen LogP contribution is -2.31. The van der Waals surface area contributed by atoms with Crippen molar-refractivity contribution < 1.29 is 29.4 Å². The van der Waals surface area contributed by atoms with Crippen LogP contribution in [0.5, 0.6) is 0 Å². The number of aromatic amines is 1. The summed E-state index contributed by atoms with van der Waals surface area (Å²) in [4.78, 5) is 56.3. The quantitative estimate of drug-likeness (QED) is 0.204. The highest BCUT2D eigenvalue weighted by Gasteiger charge is 2.32. The maximum absolute atomic E-state index is 12.4. The van der Waals surface area contributed by atoms with Crippen molar-refractivity contribution in [3.8, 4) is 0 Å². The first-order valence-corrected chi connectivity index (χ1v) is 15.0. The summed E-state index contributed by atoms with van der Waals surface area (Å²) >= 11 is 0. The lowest BCUT2D eigenvalue weighted by atomic mass is 9.95. The van der Waals surface area contributed by atoms with Crippen LogP contribution in [-0.4, -0.2) is 56.7 Å². The highest BCUT2D eigenvalue weighted by molar-refractivity contribution is 6.07. The van der Waals surface area contributed by atoms with Crippen molar-refractivity contribution in [2.45, 2.75) is 105 Å². The Labute approximate surface area is 264 Å². The largest absolute Gasteiger partial charge is 0.481 e. The second kappa shape index (κ2) is 14.2. The lowest BCUT2D eigenvalue weighted by Gasteiger charge is -2.14. The molecular formula is C33H43ClN4O6. The average molecular weight is 627 g/mol. The van der Waals surface area contributed by atoms with Crippen molar-refractivity contribution in [1.29, 1.82) is 0 Å². The second-order valence-electron chi connectivity index (χ2n) is 11.6. The van der Waals surface area contributed by atoms with Crippen LogP contribution in [-0.2, 0) is 32.0 Å². The third-order valence-corrected chi connectivity index (χ3v) is 9.09. The third-order valence-electron chi connectivity index (χ3n) is 9.09. The maximum Gasteiger partial charge on any atom is 0.303 e. The van der Waals surface area contributed by atoms with E-state index in [9.17, 15) is 29.4 Å². The normalized spacial score (nSPS) is 20.9. The van der Waals surface area contributed by atoms with Gasteiger partial charge in [0.2, 0.25) is 11.8 Å². The molecule has 1 aromatic rings. The summed E-state index contributed by atoms with van der Waals surface area (Å²) in [7, 11) is 0. The highest BCUT2D eigenvalue weighted by atomic mass is 35.5. The van der Waals surface area contributed by atoms with Gasteiger partial charge in [-0.1, -0.05) is 13.8 Å². The molecule has 0 spiro atoms. The molecule has 0 unspecified atom stereocenters. The molecule has 0 saturated heterocycles. The van der Waals surface area contributed by atoms with Crippen molar-refractivity contribution in [1.82, 2.24) is 15.6 Å². The van der Waals surface area contributed by atoms with Gasteiger partial charge >= 0.3 is 11.9 Å². The van der Waals surface area contributed by atoms with Crippen molar-refractivity contribution >= 4 is 47.9 Å². The van der Waals surface area contributed by atoms with Gasteiger partial charge in [-0.15, -0.1) is 12.4 Å². The van der Waals surface area contributed by atoms with E-state index in [0.717, 1.165) is 68.1 Å². The van der Waals surface area contributed by atoms with Gasteiger partial charge in [0.1, 0.15) is 0 Å². The predicted octanol–water partition coefficient (Wildman–Crippen LogP) is 5.12. The van der Waals surface area contributed by atoms with E-state index in [0.29, 0.717) is 37.8 Å². The summed E-state index contributed by atoms with van der Waals surface area (Å²) in [6.07, 6.45) is 4.84. The molecule has 10 nitrogen and oxygen atoms in total. The minimum absolute atomic E-state index is 0. The number of nitrogens with zero attached hydrogens (tertiary/aromatic N) is 1. The van der Waals surface area contributed by atoms with E-state index in [4.69, 9.17) is 4.99 Å². The van der Waals surface area contributed by atoms with Crippen LogP contribution in [0.2, 0.25) is 0 Å². The summed E-state index contributed by atoms with van der Waals surface area (Å²) < 4.78 is 0. The number of carboxylic acid groups (broad SMARTS) is 2. The number of hydrogen-bond acceptors (Lipinski definition) is 5. The number of halogens is 1. The Kier molecular flexibility index (Phi) is 11.2. The van der Waals surface area contributed by atoms with Crippen LogP contribution in [0.1, 0.15) is 95.7 Å². The minimum atomic E-state index is -0.906. The van der Waals surface area contributed by atoms with E-state index in [2.05, 4.69) is 15.6 Å². The van der Waals surface area contributed by atoms with E-state index >= 15 is 0 Å². The summed E-state index contributed by atoms with van der Waals surface area (Å²) in [5.74, 6) is -1.93.